The van der Waals surface area contributed by atoms with E-state index in [9.17, 15) is 4.79 Å². The molecule has 3 rings (SSSR count). The molecular weight excluding hydrogens is 272 g/mol. The van der Waals surface area contributed by atoms with Crippen LogP contribution in [0, 0.1) is 17.3 Å². The van der Waals surface area contributed by atoms with Gasteiger partial charge in [0.1, 0.15) is 11.5 Å². The van der Waals surface area contributed by atoms with Crippen LogP contribution in [0.3, 0.4) is 0 Å². The summed E-state index contributed by atoms with van der Waals surface area (Å²) in [5.41, 5.74) is 2.86. The fourth-order valence-electron chi connectivity index (χ4n) is 5.20. The number of Topliss-reactive ketones (excluding diaryl/α,β-unsaturated/α-hetero) is 1. The van der Waals surface area contributed by atoms with Crippen LogP contribution in [0.1, 0.15) is 63.5 Å². The number of carbonyl (C=O) groups is 1. The van der Waals surface area contributed by atoms with Crippen LogP contribution >= 0.6 is 0 Å². The molecule has 0 aromatic heterocycles. The van der Waals surface area contributed by atoms with Crippen LogP contribution in [0.4, 0.5) is 0 Å². The maximum atomic E-state index is 12.3. The second kappa shape index (κ2) is 5.72. The van der Waals surface area contributed by atoms with Gasteiger partial charge in [-0.3, -0.25) is 4.79 Å². The Morgan fingerprint density at radius 3 is 2.77 bits per heavy atom. The number of ether oxygens (including phenoxy) is 1. The van der Waals surface area contributed by atoms with Gasteiger partial charge < -0.3 is 4.74 Å². The molecule has 0 N–H and O–H groups in total. The maximum Gasteiger partial charge on any atom is 0.135 e. The third-order valence-electron chi connectivity index (χ3n) is 6.57. The number of aryl methyl sites for hydroxylation is 1. The van der Waals surface area contributed by atoms with E-state index in [4.69, 9.17) is 4.74 Å². The van der Waals surface area contributed by atoms with E-state index in [2.05, 4.69) is 32.0 Å². The van der Waals surface area contributed by atoms with Gasteiger partial charge in [0.2, 0.25) is 0 Å². The zero-order chi connectivity index (χ0) is 15.9. The molecule has 2 aliphatic rings. The Hall–Kier alpha value is -1.31. The van der Waals surface area contributed by atoms with Crippen molar-refractivity contribution in [2.24, 2.45) is 17.3 Å². The average molecular weight is 300 g/mol. The van der Waals surface area contributed by atoms with Crippen LogP contribution in [0.15, 0.2) is 18.2 Å². The Bertz CT molecular complexity index is 577. The highest BCUT2D eigenvalue weighted by Crippen LogP contribution is 2.56. The van der Waals surface area contributed by atoms with Crippen molar-refractivity contribution in [2.75, 3.05) is 7.11 Å². The van der Waals surface area contributed by atoms with E-state index in [0.29, 0.717) is 23.5 Å². The lowest BCUT2D eigenvalue weighted by atomic mass is 9.53. The molecule has 0 aliphatic heterocycles. The summed E-state index contributed by atoms with van der Waals surface area (Å²) < 4.78 is 5.38. The molecule has 1 saturated carbocycles. The minimum absolute atomic E-state index is 0.111. The van der Waals surface area contributed by atoms with Crippen molar-refractivity contribution in [1.82, 2.24) is 0 Å². The van der Waals surface area contributed by atoms with Gasteiger partial charge >= 0.3 is 0 Å². The van der Waals surface area contributed by atoms with E-state index < -0.39 is 0 Å². The Morgan fingerprint density at radius 2 is 2.14 bits per heavy atom. The highest BCUT2D eigenvalue weighted by Gasteiger charge is 2.49. The lowest BCUT2D eigenvalue weighted by Crippen LogP contribution is -2.46. The minimum Gasteiger partial charge on any atom is -0.497 e. The quantitative estimate of drug-likeness (QED) is 0.804. The van der Waals surface area contributed by atoms with E-state index in [1.54, 1.807) is 14.0 Å². The van der Waals surface area contributed by atoms with Gasteiger partial charge in [-0.05, 0) is 73.6 Å². The van der Waals surface area contributed by atoms with E-state index in [1.807, 2.05) is 0 Å². The SMILES string of the molecule is CC[C@H]1[C@@H]2CCc3cc(OC)ccc3[C@H]2CC[C@]1(C)C(C)=O. The lowest BCUT2D eigenvalue weighted by molar-refractivity contribution is -0.133. The molecular formula is C20H28O2. The van der Waals surface area contributed by atoms with Gasteiger partial charge in [-0.1, -0.05) is 26.3 Å². The highest BCUT2D eigenvalue weighted by atomic mass is 16.5. The number of benzene rings is 1. The molecule has 1 fully saturated rings. The lowest BCUT2D eigenvalue weighted by Gasteiger charge is -2.51. The Balaban J connectivity index is 1.96. The van der Waals surface area contributed by atoms with Crippen LogP contribution in [0.5, 0.6) is 5.75 Å². The van der Waals surface area contributed by atoms with Gasteiger partial charge in [0.25, 0.3) is 0 Å². The monoisotopic (exact) mass is 300 g/mol. The van der Waals surface area contributed by atoms with Crippen molar-refractivity contribution < 1.29 is 9.53 Å². The fraction of sp³-hybridized carbons (Fsp3) is 0.650. The summed E-state index contributed by atoms with van der Waals surface area (Å²) in [6.45, 7) is 6.27. The number of fused-ring (bicyclic) bond motifs is 3. The number of carbonyl (C=O) groups excluding carboxylic acids is 1. The molecule has 2 nitrogen and oxygen atoms in total. The Kier molecular flexibility index (Phi) is 4.05. The number of hydrogen-bond donors (Lipinski definition) is 0. The molecule has 0 unspecified atom stereocenters. The molecule has 0 heterocycles. The number of ketones is 1. The number of hydrogen-bond acceptors (Lipinski definition) is 2. The number of rotatable bonds is 3. The Labute approximate surface area is 134 Å². The predicted octanol–water partition coefficient (Wildman–Crippen LogP) is 4.76. The largest absolute Gasteiger partial charge is 0.497 e. The smallest absolute Gasteiger partial charge is 0.135 e. The summed E-state index contributed by atoms with van der Waals surface area (Å²) in [5, 5.41) is 0. The standard InChI is InChI=1S/C20H28O2/c1-5-19-18-8-6-14-12-15(22-4)7-9-16(14)17(18)10-11-20(19,3)13(2)21/h7,9,12,17-19H,5-6,8,10-11H2,1-4H3/t17-,18-,19+,20-/m1/s1. The molecule has 0 saturated heterocycles. The first-order chi connectivity index (χ1) is 10.5. The van der Waals surface area contributed by atoms with E-state index in [-0.39, 0.29) is 5.41 Å². The summed E-state index contributed by atoms with van der Waals surface area (Å²) in [6, 6.07) is 6.58. The third-order valence-corrected chi connectivity index (χ3v) is 6.57. The molecule has 0 spiro atoms. The highest BCUT2D eigenvalue weighted by molar-refractivity contribution is 5.82. The summed E-state index contributed by atoms with van der Waals surface area (Å²) >= 11 is 0. The average Bonchev–Trinajstić information content (AvgIpc) is 2.53. The maximum absolute atomic E-state index is 12.3. The normalized spacial score (nSPS) is 33.7. The van der Waals surface area contributed by atoms with Crippen LogP contribution in [-0.4, -0.2) is 12.9 Å². The molecule has 1 aromatic rings. The zero-order valence-corrected chi connectivity index (χ0v) is 14.3. The van der Waals surface area contributed by atoms with Crippen LogP contribution in [0.2, 0.25) is 0 Å². The predicted molar refractivity (Wildman–Crippen MR) is 89.3 cm³/mol. The van der Waals surface area contributed by atoms with E-state index in [1.165, 1.54) is 17.5 Å². The summed E-state index contributed by atoms with van der Waals surface area (Å²) in [6.07, 6.45) is 5.64. The van der Waals surface area contributed by atoms with Crippen molar-refractivity contribution >= 4 is 5.78 Å². The summed E-state index contributed by atoms with van der Waals surface area (Å²) in [7, 11) is 1.74. The molecule has 22 heavy (non-hydrogen) atoms. The van der Waals surface area contributed by atoms with E-state index >= 15 is 0 Å². The first-order valence-electron chi connectivity index (χ1n) is 8.69. The Morgan fingerprint density at radius 1 is 1.36 bits per heavy atom. The number of methoxy groups -OCH3 is 1. The second-order valence-electron chi connectivity index (χ2n) is 7.40. The first kappa shape index (κ1) is 15.6. The molecule has 1 aromatic carbocycles. The summed E-state index contributed by atoms with van der Waals surface area (Å²) in [5.74, 6) is 3.17. The van der Waals surface area contributed by atoms with Crippen molar-refractivity contribution in [2.45, 2.75) is 58.8 Å². The zero-order valence-electron chi connectivity index (χ0n) is 14.3. The topological polar surface area (TPSA) is 26.3 Å². The van der Waals surface area contributed by atoms with Gasteiger partial charge in [-0.25, -0.2) is 0 Å². The first-order valence-corrected chi connectivity index (χ1v) is 8.69. The fourth-order valence-corrected chi connectivity index (χ4v) is 5.20. The van der Waals surface area contributed by atoms with Crippen molar-refractivity contribution in [3.8, 4) is 5.75 Å². The van der Waals surface area contributed by atoms with Gasteiger partial charge in [-0.15, -0.1) is 0 Å². The molecule has 120 valence electrons. The van der Waals surface area contributed by atoms with Gasteiger partial charge in [0.15, 0.2) is 0 Å². The van der Waals surface area contributed by atoms with Crippen LogP contribution in [-0.2, 0) is 11.2 Å². The van der Waals surface area contributed by atoms with E-state index in [0.717, 1.165) is 31.4 Å². The third kappa shape index (κ3) is 2.28. The van der Waals surface area contributed by atoms with Crippen LogP contribution in [0.25, 0.3) is 0 Å². The van der Waals surface area contributed by atoms with Crippen molar-refractivity contribution in [3.63, 3.8) is 0 Å². The van der Waals surface area contributed by atoms with Gasteiger partial charge in [0.05, 0.1) is 7.11 Å². The molecule has 2 heteroatoms. The molecule has 2 aliphatic carbocycles. The molecule has 0 bridgehead atoms. The summed E-state index contributed by atoms with van der Waals surface area (Å²) in [4.78, 5) is 12.3. The van der Waals surface area contributed by atoms with Crippen molar-refractivity contribution in [3.05, 3.63) is 29.3 Å². The molecule has 0 radical (unpaired) electrons. The van der Waals surface area contributed by atoms with Crippen molar-refractivity contribution in [1.29, 1.82) is 0 Å². The molecule has 0 amide bonds. The van der Waals surface area contributed by atoms with Crippen LogP contribution < -0.4 is 4.74 Å². The van der Waals surface area contributed by atoms with Gasteiger partial charge in [0, 0.05) is 5.41 Å². The molecule has 4 atom stereocenters. The second-order valence-corrected chi connectivity index (χ2v) is 7.40. The minimum atomic E-state index is -0.111. The van der Waals surface area contributed by atoms with Gasteiger partial charge in [-0.2, -0.15) is 0 Å².